The first-order chi connectivity index (χ1) is 18.6. The Hall–Kier alpha value is -2.33. The summed E-state index contributed by atoms with van der Waals surface area (Å²) < 4.78 is 13.4. The maximum Gasteiger partial charge on any atom is 0.412 e. The van der Waals surface area contributed by atoms with E-state index in [0.717, 1.165) is 23.7 Å². The van der Waals surface area contributed by atoms with Gasteiger partial charge in [0.05, 0.1) is 17.7 Å². The summed E-state index contributed by atoms with van der Waals surface area (Å²) in [5.41, 5.74) is 7.32. The van der Waals surface area contributed by atoms with E-state index in [-0.39, 0.29) is 42.2 Å². The van der Waals surface area contributed by atoms with Gasteiger partial charge in [-0.25, -0.2) is 4.79 Å². The van der Waals surface area contributed by atoms with Gasteiger partial charge in [0.15, 0.2) is 5.75 Å². The highest BCUT2D eigenvalue weighted by Crippen LogP contribution is 2.29. The van der Waals surface area contributed by atoms with Crippen LogP contribution in [0.15, 0.2) is 30.5 Å². The van der Waals surface area contributed by atoms with Crippen LogP contribution in [0.4, 0.5) is 4.79 Å². The maximum atomic E-state index is 12.8. The molecule has 2 rings (SSSR count). The van der Waals surface area contributed by atoms with Gasteiger partial charge in [-0.2, -0.15) is 0 Å². The van der Waals surface area contributed by atoms with Crippen LogP contribution in [0.1, 0.15) is 67.2 Å². The molecule has 0 bridgehead atoms. The summed E-state index contributed by atoms with van der Waals surface area (Å²) in [5, 5.41) is 17.3. The molecule has 5 N–H and O–H groups in total. The molecule has 1 unspecified atom stereocenters. The number of carbonyl (C=O) groups is 2. The van der Waals surface area contributed by atoms with E-state index in [0.29, 0.717) is 44.8 Å². The number of hydrogen-bond acceptors (Lipinski definition) is 6. The van der Waals surface area contributed by atoms with Crippen LogP contribution in [0.2, 0.25) is 0 Å². The lowest BCUT2D eigenvalue weighted by atomic mass is 9.86. The highest BCUT2D eigenvalue weighted by molar-refractivity contribution is 5.89. The molecule has 2 amide bonds. The van der Waals surface area contributed by atoms with Crippen molar-refractivity contribution in [2.75, 3.05) is 19.7 Å². The summed E-state index contributed by atoms with van der Waals surface area (Å²) in [6.07, 6.45) is 3.27. The predicted octanol–water partition coefficient (Wildman–Crippen LogP) is 4.87. The number of amides is 2. The molecule has 9 nitrogen and oxygen atoms in total. The largest absolute Gasteiger partial charge is 0.412 e. The molecule has 0 fully saturated rings. The van der Waals surface area contributed by atoms with Gasteiger partial charge in [-0.1, -0.05) is 46.2 Å². The Kier molecular flexibility index (Phi) is 16.2. The number of hydrogen-bond donors (Lipinski definition) is 4. The van der Waals surface area contributed by atoms with Crippen LogP contribution in [0, 0.1) is 17.8 Å². The highest BCUT2D eigenvalue weighted by Gasteiger charge is 2.26. The maximum absolute atomic E-state index is 12.8. The van der Waals surface area contributed by atoms with E-state index >= 15 is 0 Å². The SMILES string of the molecule is CCCCNC(=O)[C@H](C)C[C@H](O)[C@@H](N)C[C@@H](CNC(=O)Oc1cn(CC(C)OCC)c2ccccc12)C(C)C.Cl. The lowest BCUT2D eigenvalue weighted by Crippen LogP contribution is -2.43. The van der Waals surface area contributed by atoms with Crippen LogP contribution in [0.5, 0.6) is 5.75 Å². The standard InChI is InChI=1S/C30H50N4O5.ClH/c1-7-9-14-32-29(36)21(5)15-27(35)25(31)16-23(20(3)4)17-33-30(37)39-28-19-34(18-22(6)38-8-2)26-13-11-10-12-24(26)28;/h10-13,19-23,25,27,35H,7-9,14-18,31H2,1-6H3,(H,32,36)(H,33,37);1H/t21-,22?,23+,25+,27+;/m1./s1. The van der Waals surface area contributed by atoms with Crippen molar-refractivity contribution in [1.82, 2.24) is 15.2 Å². The van der Waals surface area contributed by atoms with Gasteiger partial charge in [0, 0.05) is 49.8 Å². The number of ether oxygens (including phenoxy) is 2. The van der Waals surface area contributed by atoms with E-state index in [1.54, 1.807) is 0 Å². The molecule has 1 aromatic heterocycles. The van der Waals surface area contributed by atoms with Crippen LogP contribution < -0.4 is 21.1 Å². The van der Waals surface area contributed by atoms with Crippen molar-refractivity contribution < 1.29 is 24.2 Å². The number of nitrogens with two attached hydrogens (primary N) is 1. The van der Waals surface area contributed by atoms with Crippen LogP contribution in [0.25, 0.3) is 10.9 Å². The van der Waals surface area contributed by atoms with Gasteiger partial charge in [0.1, 0.15) is 0 Å². The number of unbranched alkanes of at least 4 members (excludes halogenated alkanes) is 1. The molecule has 1 heterocycles. The number of nitrogens with zero attached hydrogens (tertiary/aromatic N) is 1. The first kappa shape index (κ1) is 35.7. The number of aliphatic hydroxyl groups is 1. The molecule has 0 aliphatic carbocycles. The van der Waals surface area contributed by atoms with E-state index < -0.39 is 18.2 Å². The number of carbonyl (C=O) groups excluding carboxylic acids is 2. The van der Waals surface area contributed by atoms with Crippen molar-refractivity contribution in [2.45, 2.75) is 92.0 Å². The molecule has 10 heteroatoms. The minimum Gasteiger partial charge on any atom is -0.408 e. The highest BCUT2D eigenvalue weighted by atomic mass is 35.5. The fraction of sp³-hybridized carbons (Fsp3) is 0.667. The molecule has 5 atom stereocenters. The van der Waals surface area contributed by atoms with Crippen molar-refractivity contribution in [3.63, 3.8) is 0 Å². The van der Waals surface area contributed by atoms with Crippen molar-refractivity contribution in [2.24, 2.45) is 23.5 Å². The van der Waals surface area contributed by atoms with Gasteiger partial charge in [-0.3, -0.25) is 4.79 Å². The third-order valence-corrected chi connectivity index (χ3v) is 7.25. The number of nitrogens with one attached hydrogen (secondary N) is 2. The molecule has 0 radical (unpaired) electrons. The minimum absolute atomic E-state index is 0. The van der Waals surface area contributed by atoms with Crippen molar-refractivity contribution in [3.8, 4) is 5.75 Å². The second-order valence-electron chi connectivity index (χ2n) is 11.0. The van der Waals surface area contributed by atoms with Crippen LogP contribution in [-0.4, -0.2) is 59.6 Å². The zero-order valence-corrected chi connectivity index (χ0v) is 25.8. The van der Waals surface area contributed by atoms with Crippen LogP contribution in [0.3, 0.4) is 0 Å². The zero-order valence-electron chi connectivity index (χ0n) is 25.0. The first-order valence-electron chi connectivity index (χ1n) is 14.4. The Morgan fingerprint density at radius 3 is 2.42 bits per heavy atom. The summed E-state index contributed by atoms with van der Waals surface area (Å²) >= 11 is 0. The monoisotopic (exact) mass is 582 g/mol. The van der Waals surface area contributed by atoms with Crippen LogP contribution in [-0.2, 0) is 16.1 Å². The predicted molar refractivity (Wildman–Crippen MR) is 163 cm³/mol. The number of fused-ring (bicyclic) bond motifs is 1. The average molecular weight is 583 g/mol. The molecule has 0 aliphatic heterocycles. The van der Waals surface area contributed by atoms with Gasteiger partial charge in [-0.15, -0.1) is 12.4 Å². The molecule has 0 spiro atoms. The fourth-order valence-corrected chi connectivity index (χ4v) is 4.71. The Labute approximate surface area is 245 Å². The summed E-state index contributed by atoms with van der Waals surface area (Å²) in [6, 6.07) is 7.29. The fourth-order valence-electron chi connectivity index (χ4n) is 4.71. The van der Waals surface area contributed by atoms with Crippen molar-refractivity contribution >= 4 is 35.3 Å². The van der Waals surface area contributed by atoms with E-state index in [9.17, 15) is 14.7 Å². The third-order valence-electron chi connectivity index (χ3n) is 7.25. The Bertz CT molecular complexity index is 1030. The summed E-state index contributed by atoms with van der Waals surface area (Å²) in [6.45, 7) is 14.3. The van der Waals surface area contributed by atoms with Gasteiger partial charge in [-0.05, 0) is 57.1 Å². The minimum atomic E-state index is -0.810. The zero-order chi connectivity index (χ0) is 28.9. The van der Waals surface area contributed by atoms with E-state index in [2.05, 4.69) is 31.4 Å². The molecule has 40 heavy (non-hydrogen) atoms. The summed E-state index contributed by atoms with van der Waals surface area (Å²) in [4.78, 5) is 25.0. The van der Waals surface area contributed by atoms with Gasteiger partial charge in [0.25, 0.3) is 0 Å². The Balaban J connectivity index is 0.00000800. The molecular formula is C30H51ClN4O5. The van der Waals surface area contributed by atoms with E-state index in [1.165, 1.54) is 0 Å². The average Bonchev–Trinajstić information content (AvgIpc) is 3.22. The van der Waals surface area contributed by atoms with Crippen molar-refractivity contribution in [3.05, 3.63) is 30.5 Å². The summed E-state index contributed by atoms with van der Waals surface area (Å²) in [5.74, 6) is 0.358. The molecule has 0 saturated heterocycles. The lowest BCUT2D eigenvalue weighted by Gasteiger charge is -2.28. The molecule has 1 aromatic carbocycles. The Morgan fingerprint density at radius 2 is 1.77 bits per heavy atom. The van der Waals surface area contributed by atoms with E-state index in [1.807, 2.05) is 55.8 Å². The quantitative estimate of drug-likeness (QED) is 0.197. The molecular weight excluding hydrogens is 532 g/mol. The normalized spacial score (nSPS) is 15.1. The molecule has 0 saturated carbocycles. The first-order valence-corrected chi connectivity index (χ1v) is 14.4. The van der Waals surface area contributed by atoms with Crippen LogP contribution >= 0.6 is 12.4 Å². The number of rotatable bonds is 17. The van der Waals surface area contributed by atoms with Gasteiger partial charge >= 0.3 is 6.09 Å². The lowest BCUT2D eigenvalue weighted by molar-refractivity contribution is -0.125. The van der Waals surface area contributed by atoms with Gasteiger partial charge < -0.3 is 35.5 Å². The second kappa shape index (κ2) is 18.2. The smallest absolute Gasteiger partial charge is 0.408 e. The summed E-state index contributed by atoms with van der Waals surface area (Å²) in [7, 11) is 0. The number of aliphatic hydroxyl groups excluding tert-OH is 1. The number of para-hydroxylation sites is 1. The number of aromatic nitrogens is 1. The van der Waals surface area contributed by atoms with Gasteiger partial charge in [0.2, 0.25) is 5.91 Å². The third kappa shape index (κ3) is 11.3. The number of benzene rings is 1. The molecule has 0 aliphatic rings. The Morgan fingerprint density at radius 1 is 1.07 bits per heavy atom. The number of halogens is 1. The second-order valence-corrected chi connectivity index (χ2v) is 11.0. The molecule has 228 valence electrons. The van der Waals surface area contributed by atoms with Crippen molar-refractivity contribution in [1.29, 1.82) is 0 Å². The topological polar surface area (TPSA) is 128 Å². The van der Waals surface area contributed by atoms with E-state index in [4.69, 9.17) is 15.2 Å². The molecule has 2 aromatic rings.